The minimum atomic E-state index is -0.863. The molecule has 1 fully saturated rings. The van der Waals surface area contributed by atoms with Crippen molar-refractivity contribution in [1.29, 1.82) is 0 Å². The summed E-state index contributed by atoms with van der Waals surface area (Å²) in [6, 6.07) is 11.8. The highest BCUT2D eigenvalue weighted by atomic mass is 19.1. The number of halogens is 1. The van der Waals surface area contributed by atoms with Crippen LogP contribution in [-0.2, 0) is 13.2 Å². The number of hydrogen-bond donors (Lipinski definition) is 1. The van der Waals surface area contributed by atoms with Gasteiger partial charge in [-0.15, -0.1) is 0 Å². The number of ether oxygens (including phenoxy) is 1. The van der Waals surface area contributed by atoms with Crippen LogP contribution >= 0.6 is 0 Å². The van der Waals surface area contributed by atoms with Crippen molar-refractivity contribution in [2.24, 2.45) is 0 Å². The molecule has 0 saturated carbocycles. The van der Waals surface area contributed by atoms with Crippen molar-refractivity contribution in [2.45, 2.75) is 31.8 Å². The van der Waals surface area contributed by atoms with Gasteiger partial charge in [0.2, 0.25) is 0 Å². The topological polar surface area (TPSA) is 45.6 Å². The number of alkyl halides is 1. The highest BCUT2D eigenvalue weighted by Crippen LogP contribution is 2.23. The maximum atomic E-state index is 13.5. The molecular formula is C18H21FN2O2. The second kappa shape index (κ2) is 7.53. The summed E-state index contributed by atoms with van der Waals surface area (Å²) >= 11 is 0. The fourth-order valence-electron chi connectivity index (χ4n) is 2.91. The lowest BCUT2D eigenvalue weighted by Gasteiger charge is -2.22. The van der Waals surface area contributed by atoms with Gasteiger partial charge in [0.05, 0.1) is 12.8 Å². The molecule has 0 bridgehead atoms. The highest BCUT2D eigenvalue weighted by molar-refractivity contribution is 5.24. The minimum Gasteiger partial charge on any atom is -0.487 e. The van der Waals surface area contributed by atoms with E-state index < -0.39 is 6.17 Å². The van der Waals surface area contributed by atoms with Gasteiger partial charge in [0, 0.05) is 25.3 Å². The monoisotopic (exact) mass is 316 g/mol. The van der Waals surface area contributed by atoms with Crippen molar-refractivity contribution in [3.63, 3.8) is 0 Å². The molecule has 1 aliphatic heterocycles. The Kier molecular flexibility index (Phi) is 5.20. The minimum absolute atomic E-state index is 0.0158. The van der Waals surface area contributed by atoms with Crippen LogP contribution in [0.5, 0.6) is 5.75 Å². The van der Waals surface area contributed by atoms with E-state index in [1.807, 2.05) is 41.3 Å². The molecular weight excluding hydrogens is 295 g/mol. The molecule has 1 saturated heterocycles. The Morgan fingerprint density at radius 3 is 2.83 bits per heavy atom. The van der Waals surface area contributed by atoms with Gasteiger partial charge in [-0.3, -0.25) is 9.88 Å². The van der Waals surface area contributed by atoms with Gasteiger partial charge in [0.15, 0.2) is 0 Å². The maximum absolute atomic E-state index is 13.5. The number of hydrogen-bond acceptors (Lipinski definition) is 4. The molecule has 0 spiro atoms. The number of aliphatic hydroxyl groups is 1. The third-order valence-corrected chi connectivity index (χ3v) is 4.09. The standard InChI is InChI=1S/C18H21FN2O2/c19-16-7-17(12-22)21(11-16)10-15-6-18(9-20-8-15)23-13-14-4-2-1-3-5-14/h1-6,8-9,16-17,22H,7,10-13H2/t16-,17-/m0/s1. The van der Waals surface area contributed by atoms with Gasteiger partial charge in [-0.25, -0.2) is 4.39 Å². The number of likely N-dealkylation sites (tertiary alicyclic amines) is 1. The molecule has 0 amide bonds. The van der Waals surface area contributed by atoms with Crippen LogP contribution in [0.1, 0.15) is 17.5 Å². The highest BCUT2D eigenvalue weighted by Gasteiger charge is 2.31. The fourth-order valence-corrected chi connectivity index (χ4v) is 2.91. The number of benzene rings is 1. The lowest BCUT2D eigenvalue weighted by atomic mass is 10.2. The average molecular weight is 316 g/mol. The number of nitrogens with zero attached hydrogens (tertiary/aromatic N) is 2. The SMILES string of the molecule is OC[C@@H]1C[C@H](F)CN1Cc1cncc(OCc2ccccc2)c1. The maximum Gasteiger partial charge on any atom is 0.138 e. The van der Waals surface area contributed by atoms with Crippen molar-refractivity contribution < 1.29 is 14.2 Å². The lowest BCUT2D eigenvalue weighted by Crippen LogP contribution is -2.31. The second-order valence-corrected chi connectivity index (χ2v) is 5.90. The van der Waals surface area contributed by atoms with Crippen LogP contribution in [-0.4, -0.2) is 40.4 Å². The molecule has 1 aliphatic rings. The number of rotatable bonds is 6. The van der Waals surface area contributed by atoms with Gasteiger partial charge in [0.1, 0.15) is 18.5 Å². The molecule has 2 aromatic rings. The molecule has 1 aromatic heterocycles. The van der Waals surface area contributed by atoms with Gasteiger partial charge in [-0.1, -0.05) is 30.3 Å². The predicted molar refractivity (Wildman–Crippen MR) is 85.8 cm³/mol. The third kappa shape index (κ3) is 4.27. The van der Waals surface area contributed by atoms with E-state index in [0.29, 0.717) is 31.9 Å². The van der Waals surface area contributed by atoms with Crippen molar-refractivity contribution in [3.8, 4) is 5.75 Å². The van der Waals surface area contributed by atoms with Crippen LogP contribution in [0.25, 0.3) is 0 Å². The molecule has 5 heteroatoms. The van der Waals surface area contributed by atoms with Gasteiger partial charge < -0.3 is 9.84 Å². The van der Waals surface area contributed by atoms with E-state index in [4.69, 9.17) is 4.74 Å². The number of aliphatic hydroxyl groups excluding tert-OH is 1. The smallest absolute Gasteiger partial charge is 0.138 e. The molecule has 0 radical (unpaired) electrons. The number of aromatic nitrogens is 1. The Hall–Kier alpha value is -1.98. The molecule has 3 rings (SSSR count). The van der Waals surface area contributed by atoms with E-state index in [0.717, 1.165) is 11.1 Å². The molecule has 2 atom stereocenters. The third-order valence-electron chi connectivity index (χ3n) is 4.09. The van der Waals surface area contributed by atoms with E-state index in [9.17, 15) is 9.50 Å². The van der Waals surface area contributed by atoms with Gasteiger partial charge in [-0.2, -0.15) is 0 Å². The Labute approximate surface area is 135 Å². The Bertz CT molecular complexity index is 623. The van der Waals surface area contributed by atoms with E-state index in [2.05, 4.69) is 4.98 Å². The van der Waals surface area contributed by atoms with Crippen LogP contribution in [0.15, 0.2) is 48.8 Å². The molecule has 0 unspecified atom stereocenters. The molecule has 4 nitrogen and oxygen atoms in total. The van der Waals surface area contributed by atoms with Crippen LogP contribution in [0.3, 0.4) is 0 Å². The summed E-state index contributed by atoms with van der Waals surface area (Å²) in [6.45, 7) is 1.40. The summed E-state index contributed by atoms with van der Waals surface area (Å²) in [5, 5.41) is 9.35. The predicted octanol–water partition coefficient (Wildman–Crippen LogP) is 2.57. The van der Waals surface area contributed by atoms with Crippen LogP contribution in [0, 0.1) is 0 Å². The first-order valence-electron chi connectivity index (χ1n) is 7.84. The zero-order valence-corrected chi connectivity index (χ0v) is 12.9. The van der Waals surface area contributed by atoms with Crippen molar-refractivity contribution in [2.75, 3.05) is 13.2 Å². The first-order chi connectivity index (χ1) is 11.2. The van der Waals surface area contributed by atoms with E-state index in [1.54, 1.807) is 12.4 Å². The summed E-state index contributed by atoms with van der Waals surface area (Å²) in [7, 11) is 0. The first-order valence-corrected chi connectivity index (χ1v) is 7.84. The van der Waals surface area contributed by atoms with Crippen molar-refractivity contribution >= 4 is 0 Å². The normalized spacial score (nSPS) is 21.5. The molecule has 23 heavy (non-hydrogen) atoms. The van der Waals surface area contributed by atoms with Crippen molar-refractivity contribution in [1.82, 2.24) is 9.88 Å². The Balaban J connectivity index is 1.61. The largest absolute Gasteiger partial charge is 0.487 e. The second-order valence-electron chi connectivity index (χ2n) is 5.90. The quantitative estimate of drug-likeness (QED) is 0.890. The first kappa shape index (κ1) is 15.9. The zero-order valence-electron chi connectivity index (χ0n) is 12.9. The molecule has 0 aliphatic carbocycles. The molecule has 2 heterocycles. The van der Waals surface area contributed by atoms with Crippen LogP contribution < -0.4 is 4.74 Å². The van der Waals surface area contributed by atoms with Crippen LogP contribution in [0.2, 0.25) is 0 Å². The summed E-state index contributed by atoms with van der Waals surface area (Å²) in [6.07, 6.45) is 2.97. The summed E-state index contributed by atoms with van der Waals surface area (Å²) in [5.41, 5.74) is 2.06. The summed E-state index contributed by atoms with van der Waals surface area (Å²) < 4.78 is 19.3. The Morgan fingerprint density at radius 1 is 1.22 bits per heavy atom. The van der Waals surface area contributed by atoms with Gasteiger partial charge in [-0.05, 0) is 23.6 Å². The number of pyridine rings is 1. The van der Waals surface area contributed by atoms with E-state index in [1.165, 1.54) is 0 Å². The fraction of sp³-hybridized carbons (Fsp3) is 0.389. The lowest BCUT2D eigenvalue weighted by molar-refractivity contribution is 0.153. The van der Waals surface area contributed by atoms with Gasteiger partial charge in [0.25, 0.3) is 0 Å². The summed E-state index contributed by atoms with van der Waals surface area (Å²) in [4.78, 5) is 6.16. The van der Waals surface area contributed by atoms with Gasteiger partial charge >= 0.3 is 0 Å². The average Bonchev–Trinajstić information content (AvgIpc) is 2.94. The van der Waals surface area contributed by atoms with Crippen molar-refractivity contribution in [3.05, 3.63) is 59.9 Å². The molecule has 122 valence electrons. The summed E-state index contributed by atoms with van der Waals surface area (Å²) in [5.74, 6) is 0.697. The Morgan fingerprint density at radius 2 is 2.04 bits per heavy atom. The van der Waals surface area contributed by atoms with Crippen LogP contribution in [0.4, 0.5) is 4.39 Å². The van der Waals surface area contributed by atoms with E-state index >= 15 is 0 Å². The molecule has 1 aromatic carbocycles. The molecule has 1 N–H and O–H groups in total. The van der Waals surface area contributed by atoms with E-state index in [-0.39, 0.29) is 12.6 Å². The zero-order chi connectivity index (χ0) is 16.1.